The number of carboxylic acid groups (broad SMARTS) is 2. The molecule has 0 fully saturated rings. The molecule has 0 heterocycles. The second kappa shape index (κ2) is 5.77. The third kappa shape index (κ3) is 11.9. The van der Waals surface area contributed by atoms with Crippen molar-refractivity contribution in [3.63, 3.8) is 0 Å². The van der Waals surface area contributed by atoms with Gasteiger partial charge in [0.15, 0.2) is 0 Å². The van der Waals surface area contributed by atoms with Gasteiger partial charge in [-0.25, -0.2) is 4.79 Å². The van der Waals surface area contributed by atoms with Gasteiger partial charge in [0.05, 0.1) is 5.66 Å². The fraction of sp³-hybridized carbons (Fsp3) is 0.400. The SMILES string of the molecule is C=CC(C)P(=O)(O)O.O=C(O)O. The average Bonchev–Trinajstić information content (AvgIpc) is 1.82. The molecule has 0 aromatic carbocycles. The van der Waals surface area contributed by atoms with E-state index >= 15 is 0 Å². The molecule has 4 N–H and O–H groups in total. The highest BCUT2D eigenvalue weighted by Gasteiger charge is 2.19. The van der Waals surface area contributed by atoms with Gasteiger partial charge in [-0.15, -0.1) is 6.58 Å². The summed E-state index contributed by atoms with van der Waals surface area (Å²) in [4.78, 5) is 25.2. The van der Waals surface area contributed by atoms with Crippen LogP contribution >= 0.6 is 7.60 Å². The van der Waals surface area contributed by atoms with Crippen LogP contribution in [0, 0.1) is 0 Å². The lowest BCUT2D eigenvalue weighted by molar-refractivity contribution is 0.137. The maximum Gasteiger partial charge on any atom is 0.503 e. The van der Waals surface area contributed by atoms with Crippen molar-refractivity contribution in [1.29, 1.82) is 0 Å². The van der Waals surface area contributed by atoms with Gasteiger partial charge < -0.3 is 20.0 Å². The average molecular weight is 198 g/mol. The molecule has 0 amide bonds. The molecule has 6 nitrogen and oxygen atoms in total. The predicted molar refractivity (Wildman–Crippen MR) is 42.4 cm³/mol. The molecule has 0 radical (unpaired) electrons. The highest BCUT2D eigenvalue weighted by atomic mass is 31.2. The first-order valence-corrected chi connectivity index (χ1v) is 4.49. The third-order valence-electron chi connectivity index (χ3n) is 0.872. The van der Waals surface area contributed by atoms with E-state index < -0.39 is 19.4 Å². The van der Waals surface area contributed by atoms with Gasteiger partial charge in [-0.2, -0.15) is 0 Å². The van der Waals surface area contributed by atoms with E-state index in [0.717, 1.165) is 0 Å². The van der Waals surface area contributed by atoms with Crippen molar-refractivity contribution in [3.8, 4) is 0 Å². The zero-order valence-corrected chi connectivity index (χ0v) is 7.31. The van der Waals surface area contributed by atoms with Gasteiger partial charge >= 0.3 is 13.8 Å². The van der Waals surface area contributed by atoms with E-state index in [0.29, 0.717) is 0 Å². The summed E-state index contributed by atoms with van der Waals surface area (Å²) in [5.74, 6) is 0. The molecule has 0 saturated carbocycles. The molecule has 1 unspecified atom stereocenters. The van der Waals surface area contributed by atoms with Crippen LogP contribution in [-0.2, 0) is 4.57 Å². The molecule has 0 aromatic heterocycles. The highest BCUT2D eigenvalue weighted by Crippen LogP contribution is 2.40. The second-order valence-corrected chi connectivity index (χ2v) is 3.84. The van der Waals surface area contributed by atoms with Crippen molar-refractivity contribution < 1.29 is 29.4 Å². The van der Waals surface area contributed by atoms with Gasteiger partial charge in [-0.3, -0.25) is 4.57 Å². The Morgan fingerprint density at radius 1 is 1.50 bits per heavy atom. The van der Waals surface area contributed by atoms with E-state index in [-0.39, 0.29) is 0 Å². The van der Waals surface area contributed by atoms with Crippen LogP contribution in [0.3, 0.4) is 0 Å². The van der Waals surface area contributed by atoms with Crippen molar-refractivity contribution in [1.82, 2.24) is 0 Å². The minimum Gasteiger partial charge on any atom is -0.450 e. The molecule has 0 rings (SSSR count). The maximum atomic E-state index is 10.2. The highest BCUT2D eigenvalue weighted by molar-refractivity contribution is 7.52. The van der Waals surface area contributed by atoms with Crippen LogP contribution in [0.4, 0.5) is 4.79 Å². The smallest absolute Gasteiger partial charge is 0.450 e. The zero-order valence-electron chi connectivity index (χ0n) is 6.41. The molecule has 12 heavy (non-hydrogen) atoms. The lowest BCUT2D eigenvalue weighted by Gasteiger charge is -2.05. The van der Waals surface area contributed by atoms with Crippen molar-refractivity contribution >= 4 is 13.8 Å². The summed E-state index contributed by atoms with van der Waals surface area (Å²) in [5, 5.41) is 13.9. The van der Waals surface area contributed by atoms with Crippen LogP contribution in [0.2, 0.25) is 0 Å². The van der Waals surface area contributed by atoms with Crippen LogP contribution in [0.25, 0.3) is 0 Å². The van der Waals surface area contributed by atoms with Crippen molar-refractivity contribution in [3.05, 3.63) is 12.7 Å². The van der Waals surface area contributed by atoms with E-state index in [2.05, 4.69) is 6.58 Å². The second-order valence-electron chi connectivity index (χ2n) is 1.85. The zero-order chi connectivity index (χ0) is 10.4. The summed E-state index contributed by atoms with van der Waals surface area (Å²) in [6.07, 6.45) is -0.596. The minimum absolute atomic E-state index is 0.720. The summed E-state index contributed by atoms with van der Waals surface area (Å²) in [6, 6.07) is 0. The van der Waals surface area contributed by atoms with Gasteiger partial charge in [-0.05, 0) is 6.92 Å². The first kappa shape index (κ1) is 13.7. The summed E-state index contributed by atoms with van der Waals surface area (Å²) >= 11 is 0. The maximum absolute atomic E-state index is 10.2. The van der Waals surface area contributed by atoms with Crippen molar-refractivity contribution in [2.75, 3.05) is 0 Å². The Labute approximate surface area is 69.3 Å². The molecular formula is C5H11O6P. The molecule has 0 saturated heterocycles. The standard InChI is InChI=1S/C4H9O3P.CH2O3/c1-3-4(2)8(5,6)7;2-1(3)4/h3-4H,1H2,2H3,(H2,5,6,7);(H2,2,3,4). The predicted octanol–water partition coefficient (Wildman–Crippen LogP) is 0.961. The Hall–Kier alpha value is -0.840. The van der Waals surface area contributed by atoms with Gasteiger partial charge in [-0.1, -0.05) is 6.08 Å². The molecule has 1 atom stereocenters. The lowest BCUT2D eigenvalue weighted by Crippen LogP contribution is -1.96. The van der Waals surface area contributed by atoms with E-state index in [1.54, 1.807) is 0 Å². The van der Waals surface area contributed by atoms with Crippen LogP contribution in [0.5, 0.6) is 0 Å². The number of hydrogen-bond donors (Lipinski definition) is 4. The van der Waals surface area contributed by atoms with E-state index in [4.69, 9.17) is 24.8 Å². The first-order chi connectivity index (χ1) is 5.21. The van der Waals surface area contributed by atoms with Crippen LogP contribution in [0.15, 0.2) is 12.7 Å². The van der Waals surface area contributed by atoms with Crippen LogP contribution < -0.4 is 0 Å². The fourth-order valence-electron chi connectivity index (χ4n) is 0.137. The van der Waals surface area contributed by atoms with Gasteiger partial charge in [0.2, 0.25) is 0 Å². The molecule has 0 spiro atoms. The third-order valence-corrected chi connectivity index (χ3v) is 2.14. The Morgan fingerprint density at radius 3 is 1.75 bits per heavy atom. The quantitative estimate of drug-likeness (QED) is 0.388. The summed E-state index contributed by atoms with van der Waals surface area (Å²) < 4.78 is 10.2. The molecule has 0 aliphatic heterocycles. The summed E-state index contributed by atoms with van der Waals surface area (Å²) in [5.41, 5.74) is -0.720. The molecule has 0 aliphatic rings. The van der Waals surface area contributed by atoms with Crippen LogP contribution in [0.1, 0.15) is 6.92 Å². The Bertz CT molecular complexity index is 190. The summed E-state index contributed by atoms with van der Waals surface area (Å²) in [7, 11) is -3.87. The number of hydrogen-bond acceptors (Lipinski definition) is 2. The Morgan fingerprint density at radius 2 is 1.75 bits per heavy atom. The lowest BCUT2D eigenvalue weighted by atomic mass is 10.5. The molecule has 0 aliphatic carbocycles. The minimum atomic E-state index is -3.87. The molecule has 0 bridgehead atoms. The number of rotatable bonds is 2. The van der Waals surface area contributed by atoms with Gasteiger partial charge in [0.1, 0.15) is 0 Å². The van der Waals surface area contributed by atoms with Gasteiger partial charge in [0.25, 0.3) is 0 Å². The van der Waals surface area contributed by atoms with E-state index in [1.165, 1.54) is 13.0 Å². The Balaban J connectivity index is 0. The van der Waals surface area contributed by atoms with Gasteiger partial charge in [0, 0.05) is 0 Å². The number of allylic oxidation sites excluding steroid dienone is 1. The van der Waals surface area contributed by atoms with Crippen molar-refractivity contribution in [2.45, 2.75) is 12.6 Å². The van der Waals surface area contributed by atoms with E-state index in [1.807, 2.05) is 0 Å². The molecule has 7 heteroatoms. The first-order valence-electron chi connectivity index (χ1n) is 2.81. The van der Waals surface area contributed by atoms with Crippen LogP contribution in [-0.4, -0.2) is 31.8 Å². The Kier molecular flexibility index (Phi) is 6.60. The summed E-state index contributed by atoms with van der Waals surface area (Å²) in [6.45, 7) is 4.66. The van der Waals surface area contributed by atoms with E-state index in [9.17, 15) is 4.57 Å². The monoisotopic (exact) mass is 198 g/mol. The molecule has 72 valence electrons. The topological polar surface area (TPSA) is 115 Å². The van der Waals surface area contributed by atoms with Crippen molar-refractivity contribution in [2.24, 2.45) is 0 Å². The fourth-order valence-corrected chi connectivity index (χ4v) is 0.412. The normalized spacial score (nSPS) is 12.2. The number of carbonyl (C=O) groups is 1. The largest absolute Gasteiger partial charge is 0.503 e. The molecular weight excluding hydrogens is 187 g/mol. The molecule has 0 aromatic rings.